The highest BCUT2D eigenvalue weighted by Crippen LogP contribution is 2.14. The Bertz CT molecular complexity index is 437. The Morgan fingerprint density at radius 2 is 1.31 bits per heavy atom. The van der Waals surface area contributed by atoms with Gasteiger partial charge in [-0.1, -0.05) is 77.6 Å². The largest absolute Gasteiger partial charge is 0.432 e. The van der Waals surface area contributed by atoms with Crippen molar-refractivity contribution in [2.24, 2.45) is 0 Å². The number of unbranched alkanes of at least 4 members (excludes halogenated alkanes) is 10. The van der Waals surface area contributed by atoms with Gasteiger partial charge < -0.3 is 5.11 Å². The third-order valence-corrected chi connectivity index (χ3v) is 4.51. The van der Waals surface area contributed by atoms with Crippen LogP contribution >= 0.6 is 0 Å². The third-order valence-electron chi connectivity index (χ3n) is 4.27. The van der Waals surface area contributed by atoms with Crippen LogP contribution in [0.3, 0.4) is 0 Å². The Labute approximate surface area is 158 Å². The van der Waals surface area contributed by atoms with E-state index in [0.717, 1.165) is 64.2 Å². The fourth-order valence-corrected chi connectivity index (χ4v) is 2.95. The van der Waals surface area contributed by atoms with Gasteiger partial charge in [0.15, 0.2) is 0 Å². The Kier molecular flexibility index (Phi) is 16.0. The number of carbonyl (C=O) groups excluding carboxylic acids is 1. The van der Waals surface area contributed by atoms with Crippen LogP contribution in [0.2, 0.25) is 0 Å². The molecule has 0 aromatic carbocycles. The normalized spacial score (nSPS) is 12.9. The quantitative estimate of drug-likeness (QED) is 0.152. The Hall–Kier alpha value is -0.700. The summed E-state index contributed by atoms with van der Waals surface area (Å²) < 4.78 is 32.2. The fraction of sp³-hybridized carbons (Fsp3) is 0.944. The van der Waals surface area contributed by atoms with Crippen LogP contribution in [0.5, 0.6) is 0 Å². The predicted molar refractivity (Wildman–Crippen MR) is 99.7 cm³/mol. The van der Waals surface area contributed by atoms with Gasteiger partial charge in [0.25, 0.3) is 0 Å². The van der Waals surface area contributed by atoms with Gasteiger partial charge in [-0.15, -0.1) is 0 Å². The van der Waals surface area contributed by atoms with E-state index in [1.807, 2.05) is 0 Å². The molecule has 0 bridgehead atoms. The van der Waals surface area contributed by atoms with E-state index in [9.17, 15) is 18.3 Å². The van der Waals surface area contributed by atoms with E-state index < -0.39 is 16.4 Å². The molecule has 0 heterocycles. The maximum Gasteiger partial charge on any atom is 0.432 e. The average molecular weight is 397 g/mol. The molecule has 0 aliphatic carbocycles. The van der Waals surface area contributed by atoms with Gasteiger partial charge in [-0.05, 0) is 23.6 Å². The molecule has 1 unspecified atom stereocenters. The zero-order chi connectivity index (χ0) is 19.7. The summed E-state index contributed by atoms with van der Waals surface area (Å²) in [5.41, 5.74) is 0. The average Bonchev–Trinajstić information content (AvgIpc) is 2.58. The van der Waals surface area contributed by atoms with Crippen LogP contribution in [-0.2, 0) is 24.4 Å². The Morgan fingerprint density at radius 3 is 1.81 bits per heavy atom. The molecule has 1 atom stereocenters. The van der Waals surface area contributed by atoms with Gasteiger partial charge in [0.1, 0.15) is 0 Å². The molecule has 0 aliphatic rings. The zero-order valence-corrected chi connectivity index (χ0v) is 16.8. The van der Waals surface area contributed by atoms with Crippen LogP contribution in [-0.4, -0.2) is 30.2 Å². The van der Waals surface area contributed by atoms with Crippen LogP contribution in [0.25, 0.3) is 0 Å². The van der Waals surface area contributed by atoms with Crippen molar-refractivity contribution in [3.63, 3.8) is 0 Å². The lowest BCUT2D eigenvalue weighted by atomic mass is 10.0. The van der Waals surface area contributed by atoms with E-state index in [1.54, 1.807) is 0 Å². The van der Waals surface area contributed by atoms with Gasteiger partial charge in [0.2, 0.25) is 0 Å². The molecule has 0 fully saturated rings. The molecular formula is C18H36O7S. The summed E-state index contributed by atoms with van der Waals surface area (Å²) in [5.74, 6) is -0.809. The van der Waals surface area contributed by atoms with E-state index >= 15 is 0 Å². The molecule has 0 saturated heterocycles. The predicted octanol–water partition coefficient (Wildman–Crippen LogP) is 4.50. The number of aliphatic hydroxyl groups excluding tert-OH is 1. The van der Waals surface area contributed by atoms with Crippen molar-refractivity contribution in [2.45, 2.75) is 109 Å². The molecular weight excluding hydrogens is 360 g/mol. The number of hydrogen-bond donors (Lipinski definition) is 2. The fourth-order valence-electron chi connectivity index (χ4n) is 2.78. The first-order valence-electron chi connectivity index (χ1n) is 9.89. The summed E-state index contributed by atoms with van der Waals surface area (Å²) >= 11 is 0. The minimum Gasteiger partial charge on any atom is -0.393 e. The lowest BCUT2D eigenvalue weighted by molar-refractivity contribution is -0.214. The second kappa shape index (κ2) is 16.5. The molecule has 0 saturated carbocycles. The molecule has 156 valence electrons. The van der Waals surface area contributed by atoms with E-state index in [1.165, 1.54) is 19.3 Å². The molecule has 0 amide bonds. The third kappa shape index (κ3) is 19.6. The van der Waals surface area contributed by atoms with Crippen molar-refractivity contribution >= 4 is 16.4 Å². The van der Waals surface area contributed by atoms with Crippen LogP contribution < -0.4 is 0 Å². The first-order chi connectivity index (χ1) is 12.3. The summed E-state index contributed by atoms with van der Waals surface area (Å²) in [6.45, 7) is 2.19. The number of aliphatic hydroxyl groups is 1. The molecule has 0 aromatic rings. The first-order valence-corrected chi connectivity index (χ1v) is 11.3. The van der Waals surface area contributed by atoms with Gasteiger partial charge in [0, 0.05) is 6.42 Å². The lowest BCUT2D eigenvalue weighted by Crippen LogP contribution is -2.10. The molecule has 0 aliphatic heterocycles. The van der Waals surface area contributed by atoms with Gasteiger partial charge in [0.05, 0.1) is 6.10 Å². The van der Waals surface area contributed by atoms with E-state index in [-0.39, 0.29) is 12.5 Å². The topological polar surface area (TPSA) is 110 Å². The summed E-state index contributed by atoms with van der Waals surface area (Å²) in [5, 5.41) is 9.88. The van der Waals surface area contributed by atoms with Gasteiger partial charge in [-0.25, -0.2) is 4.79 Å². The summed E-state index contributed by atoms with van der Waals surface area (Å²) in [4.78, 5) is 15.0. The molecule has 0 spiro atoms. The maximum absolute atomic E-state index is 11.1. The van der Waals surface area contributed by atoms with Crippen molar-refractivity contribution in [1.29, 1.82) is 0 Å². The second-order valence-corrected chi connectivity index (χ2v) is 7.81. The highest BCUT2D eigenvalue weighted by molar-refractivity contribution is 7.80. The monoisotopic (exact) mass is 396 g/mol. The minimum absolute atomic E-state index is 0.0612. The molecule has 8 heteroatoms. The standard InChI is InChI=1S/C18H36O7S/c1-2-3-4-11-14-17(19)15-12-9-7-5-6-8-10-13-16-18(20)24-25-26(21,22)23/h17,19H,2-16H2,1H3,(H,21,22,23). The van der Waals surface area contributed by atoms with E-state index in [4.69, 9.17) is 4.55 Å². The van der Waals surface area contributed by atoms with Crippen molar-refractivity contribution < 1.29 is 32.1 Å². The molecule has 0 radical (unpaired) electrons. The molecule has 0 aromatic heterocycles. The van der Waals surface area contributed by atoms with Gasteiger partial charge >= 0.3 is 16.4 Å². The number of carbonyl (C=O) groups is 1. The first kappa shape index (κ1) is 25.3. The van der Waals surface area contributed by atoms with Crippen molar-refractivity contribution in [3.05, 3.63) is 0 Å². The zero-order valence-electron chi connectivity index (χ0n) is 16.0. The molecule has 2 N–H and O–H groups in total. The van der Waals surface area contributed by atoms with Gasteiger partial charge in [-0.3, -0.25) is 9.44 Å². The van der Waals surface area contributed by atoms with Crippen LogP contribution in [0, 0.1) is 0 Å². The smallest absolute Gasteiger partial charge is 0.393 e. The van der Waals surface area contributed by atoms with Crippen molar-refractivity contribution in [2.75, 3.05) is 0 Å². The van der Waals surface area contributed by atoms with Crippen LogP contribution in [0.15, 0.2) is 0 Å². The minimum atomic E-state index is -4.74. The summed E-state index contributed by atoms with van der Waals surface area (Å²) in [6.07, 6.45) is 14.7. The summed E-state index contributed by atoms with van der Waals surface area (Å²) in [7, 11) is -4.74. The second-order valence-electron chi connectivity index (χ2n) is 6.82. The SMILES string of the molecule is CCCCCCC(O)CCCCCCCCCCC(=O)OOS(=O)(=O)O. The maximum atomic E-state index is 11.1. The number of hydrogen-bond acceptors (Lipinski definition) is 6. The molecule has 7 nitrogen and oxygen atoms in total. The van der Waals surface area contributed by atoms with E-state index in [0.29, 0.717) is 6.42 Å². The van der Waals surface area contributed by atoms with E-state index in [2.05, 4.69) is 16.1 Å². The van der Waals surface area contributed by atoms with Crippen molar-refractivity contribution in [3.8, 4) is 0 Å². The Morgan fingerprint density at radius 1 is 0.846 bits per heavy atom. The van der Waals surface area contributed by atoms with Crippen LogP contribution in [0.4, 0.5) is 0 Å². The van der Waals surface area contributed by atoms with Crippen molar-refractivity contribution in [1.82, 2.24) is 0 Å². The van der Waals surface area contributed by atoms with Gasteiger partial charge in [-0.2, -0.15) is 8.42 Å². The number of rotatable bonds is 18. The van der Waals surface area contributed by atoms with Crippen LogP contribution in [0.1, 0.15) is 103 Å². The summed E-state index contributed by atoms with van der Waals surface area (Å²) in [6, 6.07) is 0. The highest BCUT2D eigenvalue weighted by atomic mass is 32.3. The lowest BCUT2D eigenvalue weighted by Gasteiger charge is -2.10. The Balaban J connectivity index is 3.30. The molecule has 0 rings (SSSR count). The highest BCUT2D eigenvalue weighted by Gasteiger charge is 2.11. The molecule has 26 heavy (non-hydrogen) atoms.